The number of hydrogen-bond donors (Lipinski definition) is 1. The van der Waals surface area contributed by atoms with E-state index in [4.69, 9.17) is 0 Å². The molecule has 1 fully saturated rings. The van der Waals surface area contributed by atoms with E-state index >= 15 is 0 Å². The van der Waals surface area contributed by atoms with Gasteiger partial charge in [0.15, 0.2) is 0 Å². The van der Waals surface area contributed by atoms with Gasteiger partial charge in [-0.25, -0.2) is 0 Å². The Balaban J connectivity index is 1.56. The minimum absolute atomic E-state index is 0.130. The van der Waals surface area contributed by atoms with Crippen molar-refractivity contribution in [1.82, 2.24) is 10.3 Å². The molecule has 3 heteroatoms. The highest BCUT2D eigenvalue weighted by Gasteiger charge is 2.35. The van der Waals surface area contributed by atoms with Crippen molar-refractivity contribution in [3.63, 3.8) is 0 Å². The second-order valence-electron chi connectivity index (χ2n) is 6.49. The Hall–Kier alpha value is -2.16. The lowest BCUT2D eigenvalue weighted by molar-refractivity contribution is -0.121. The van der Waals surface area contributed by atoms with Gasteiger partial charge in [-0.3, -0.25) is 9.78 Å². The van der Waals surface area contributed by atoms with Gasteiger partial charge < -0.3 is 5.32 Å². The van der Waals surface area contributed by atoms with E-state index in [0.29, 0.717) is 6.42 Å². The van der Waals surface area contributed by atoms with E-state index in [1.807, 2.05) is 18.3 Å². The molecule has 3 rings (SSSR count). The molecule has 3 nitrogen and oxygen atoms in total. The molecule has 0 spiro atoms. The van der Waals surface area contributed by atoms with Gasteiger partial charge in [0.05, 0.1) is 0 Å². The maximum atomic E-state index is 12.2. The van der Waals surface area contributed by atoms with Gasteiger partial charge >= 0.3 is 0 Å². The van der Waals surface area contributed by atoms with Gasteiger partial charge in [0.1, 0.15) is 0 Å². The van der Waals surface area contributed by atoms with Crippen molar-refractivity contribution in [2.24, 2.45) is 0 Å². The van der Waals surface area contributed by atoms with Crippen molar-refractivity contribution < 1.29 is 4.79 Å². The Morgan fingerprint density at radius 2 is 1.87 bits per heavy atom. The van der Waals surface area contributed by atoms with Crippen molar-refractivity contribution in [2.75, 3.05) is 6.54 Å². The van der Waals surface area contributed by atoms with E-state index < -0.39 is 0 Å². The molecule has 1 amide bonds. The summed E-state index contributed by atoms with van der Waals surface area (Å²) in [6, 6.07) is 14.6. The maximum Gasteiger partial charge on any atom is 0.220 e. The average Bonchev–Trinajstić information content (AvgIpc) is 3.10. The Kier molecular flexibility index (Phi) is 5.06. The van der Waals surface area contributed by atoms with E-state index in [1.165, 1.54) is 31.2 Å². The normalized spacial score (nSPS) is 16.2. The molecule has 1 aromatic heterocycles. The fraction of sp³-hybridized carbons (Fsp3) is 0.400. The summed E-state index contributed by atoms with van der Waals surface area (Å²) in [5, 5.41) is 3.17. The molecule has 1 heterocycles. The van der Waals surface area contributed by atoms with Gasteiger partial charge in [-0.05, 0) is 36.5 Å². The lowest BCUT2D eigenvalue weighted by atomic mass is 9.79. The first-order valence-corrected chi connectivity index (χ1v) is 8.50. The standard InChI is InChI=1S/C20H24N2O/c23-19(11-10-17-7-6-14-21-15-17)22-16-20(12-4-5-13-20)18-8-2-1-3-9-18/h1-3,6-9,14-15H,4-5,10-13,16H2,(H,22,23). The summed E-state index contributed by atoms with van der Waals surface area (Å²) < 4.78 is 0. The Morgan fingerprint density at radius 1 is 1.09 bits per heavy atom. The largest absolute Gasteiger partial charge is 0.355 e. The van der Waals surface area contributed by atoms with Crippen molar-refractivity contribution in [1.29, 1.82) is 0 Å². The fourth-order valence-electron chi connectivity index (χ4n) is 3.57. The number of nitrogens with one attached hydrogen (secondary N) is 1. The second-order valence-corrected chi connectivity index (χ2v) is 6.49. The summed E-state index contributed by atoms with van der Waals surface area (Å²) in [5.41, 5.74) is 2.61. The molecule has 1 saturated carbocycles. The number of rotatable bonds is 6. The lowest BCUT2D eigenvalue weighted by Gasteiger charge is -2.30. The lowest BCUT2D eigenvalue weighted by Crippen LogP contribution is -2.39. The van der Waals surface area contributed by atoms with Crippen LogP contribution in [0.4, 0.5) is 0 Å². The molecule has 23 heavy (non-hydrogen) atoms. The molecule has 0 aliphatic heterocycles. The molecule has 0 radical (unpaired) electrons. The minimum atomic E-state index is 0.130. The Labute approximate surface area is 138 Å². The zero-order valence-corrected chi connectivity index (χ0v) is 13.5. The van der Waals surface area contributed by atoms with Crippen LogP contribution in [0.15, 0.2) is 54.9 Å². The van der Waals surface area contributed by atoms with Crippen LogP contribution in [0.5, 0.6) is 0 Å². The fourth-order valence-corrected chi connectivity index (χ4v) is 3.57. The van der Waals surface area contributed by atoms with E-state index in [1.54, 1.807) is 6.20 Å². The summed E-state index contributed by atoms with van der Waals surface area (Å²) in [5.74, 6) is 0.135. The minimum Gasteiger partial charge on any atom is -0.355 e. The molecular weight excluding hydrogens is 284 g/mol. The number of amides is 1. The Morgan fingerprint density at radius 3 is 2.57 bits per heavy atom. The van der Waals surface area contributed by atoms with Gasteiger partial charge in [-0.15, -0.1) is 0 Å². The van der Waals surface area contributed by atoms with Gasteiger partial charge in [0, 0.05) is 30.8 Å². The molecule has 120 valence electrons. The first-order chi connectivity index (χ1) is 11.3. The molecule has 1 aromatic carbocycles. The second kappa shape index (κ2) is 7.40. The molecule has 0 atom stereocenters. The van der Waals surface area contributed by atoms with Crippen LogP contribution in [0.1, 0.15) is 43.2 Å². The van der Waals surface area contributed by atoms with E-state index in [9.17, 15) is 4.79 Å². The zero-order chi connectivity index (χ0) is 16.0. The first kappa shape index (κ1) is 15.7. The number of aromatic nitrogens is 1. The van der Waals surface area contributed by atoms with Crippen LogP contribution in [-0.2, 0) is 16.6 Å². The van der Waals surface area contributed by atoms with Gasteiger partial charge in [-0.1, -0.05) is 49.2 Å². The molecular formula is C20H24N2O. The van der Waals surface area contributed by atoms with E-state index in [-0.39, 0.29) is 11.3 Å². The average molecular weight is 308 g/mol. The predicted octanol–water partition coefficient (Wildman–Crippen LogP) is 3.64. The van der Waals surface area contributed by atoms with Crippen LogP contribution in [0.2, 0.25) is 0 Å². The summed E-state index contributed by atoms with van der Waals surface area (Å²) in [6.45, 7) is 0.753. The summed E-state index contributed by atoms with van der Waals surface area (Å²) in [4.78, 5) is 16.3. The van der Waals surface area contributed by atoms with Crippen molar-refractivity contribution in [3.8, 4) is 0 Å². The summed E-state index contributed by atoms with van der Waals surface area (Å²) >= 11 is 0. The molecule has 1 N–H and O–H groups in total. The molecule has 1 aliphatic rings. The molecule has 1 aliphatic carbocycles. The quantitative estimate of drug-likeness (QED) is 0.885. The van der Waals surface area contributed by atoms with Crippen LogP contribution < -0.4 is 5.32 Å². The first-order valence-electron chi connectivity index (χ1n) is 8.50. The van der Waals surface area contributed by atoms with E-state index in [0.717, 1.165) is 18.5 Å². The van der Waals surface area contributed by atoms with Crippen LogP contribution >= 0.6 is 0 Å². The number of carbonyl (C=O) groups excluding carboxylic acids is 1. The SMILES string of the molecule is O=C(CCc1cccnc1)NCC1(c2ccccc2)CCCC1. The monoisotopic (exact) mass is 308 g/mol. The molecule has 0 saturated heterocycles. The number of pyridine rings is 1. The van der Waals surface area contributed by atoms with Gasteiger partial charge in [-0.2, -0.15) is 0 Å². The summed E-state index contributed by atoms with van der Waals surface area (Å²) in [6.07, 6.45) is 9.69. The van der Waals surface area contributed by atoms with Crippen LogP contribution in [-0.4, -0.2) is 17.4 Å². The molecule has 0 bridgehead atoms. The highest BCUT2D eigenvalue weighted by molar-refractivity contribution is 5.76. The molecule has 2 aromatic rings. The third-order valence-corrected chi connectivity index (χ3v) is 4.93. The smallest absolute Gasteiger partial charge is 0.220 e. The highest BCUT2D eigenvalue weighted by atomic mass is 16.1. The van der Waals surface area contributed by atoms with Crippen LogP contribution in [0.25, 0.3) is 0 Å². The summed E-state index contributed by atoms with van der Waals surface area (Å²) in [7, 11) is 0. The third-order valence-electron chi connectivity index (χ3n) is 4.93. The highest BCUT2D eigenvalue weighted by Crippen LogP contribution is 2.40. The molecule has 0 unspecified atom stereocenters. The van der Waals surface area contributed by atoms with Crippen molar-refractivity contribution >= 4 is 5.91 Å². The number of carbonyl (C=O) groups is 1. The number of nitrogens with zero attached hydrogens (tertiary/aromatic N) is 1. The predicted molar refractivity (Wildman–Crippen MR) is 92.2 cm³/mol. The Bertz CT molecular complexity index is 619. The van der Waals surface area contributed by atoms with Gasteiger partial charge in [0.2, 0.25) is 5.91 Å². The van der Waals surface area contributed by atoms with Gasteiger partial charge in [0.25, 0.3) is 0 Å². The number of benzene rings is 1. The number of hydrogen-bond acceptors (Lipinski definition) is 2. The number of aryl methyl sites for hydroxylation is 1. The van der Waals surface area contributed by atoms with Crippen molar-refractivity contribution in [2.45, 2.75) is 43.9 Å². The zero-order valence-electron chi connectivity index (χ0n) is 13.5. The third kappa shape index (κ3) is 3.98. The van der Waals surface area contributed by atoms with Crippen molar-refractivity contribution in [3.05, 3.63) is 66.0 Å². The topological polar surface area (TPSA) is 42.0 Å². The van der Waals surface area contributed by atoms with Crippen LogP contribution in [0.3, 0.4) is 0 Å². The van der Waals surface area contributed by atoms with E-state index in [2.05, 4.69) is 40.6 Å². The van der Waals surface area contributed by atoms with Crippen LogP contribution in [0, 0.1) is 0 Å². The maximum absolute atomic E-state index is 12.2.